The van der Waals surface area contributed by atoms with Crippen LogP contribution in [0.25, 0.3) is 0 Å². The molecule has 2 aromatic carbocycles. The lowest BCUT2D eigenvalue weighted by Crippen LogP contribution is -2.44. The van der Waals surface area contributed by atoms with Gasteiger partial charge < -0.3 is 19.9 Å². The number of ether oxygens (including phenoxy) is 1. The fourth-order valence-electron chi connectivity index (χ4n) is 4.68. The molecule has 4 rings (SSSR count). The number of esters is 1. The van der Waals surface area contributed by atoms with Gasteiger partial charge in [0.15, 0.2) is 0 Å². The first-order valence-electron chi connectivity index (χ1n) is 12.1. The number of carbonyl (C=O) groups is 4. The van der Waals surface area contributed by atoms with Gasteiger partial charge in [-0.2, -0.15) is 0 Å². The third-order valence-electron chi connectivity index (χ3n) is 6.68. The van der Waals surface area contributed by atoms with E-state index in [1.807, 2.05) is 31.2 Å². The average Bonchev–Trinajstić information content (AvgIpc) is 3.26. The van der Waals surface area contributed by atoms with E-state index in [0.717, 1.165) is 11.3 Å². The first kappa shape index (κ1) is 24.4. The number of likely N-dealkylation sites (tertiary alicyclic amines) is 1. The highest BCUT2D eigenvalue weighted by Crippen LogP contribution is 2.29. The van der Waals surface area contributed by atoms with Crippen molar-refractivity contribution in [1.29, 1.82) is 0 Å². The summed E-state index contributed by atoms with van der Waals surface area (Å²) in [6.07, 6.45) is 1.26. The Morgan fingerprint density at radius 2 is 1.69 bits per heavy atom. The van der Waals surface area contributed by atoms with Crippen LogP contribution in [0.5, 0.6) is 0 Å². The summed E-state index contributed by atoms with van der Waals surface area (Å²) in [5, 5.41) is 2.86. The molecule has 1 N–H and O–H groups in total. The molecule has 2 saturated heterocycles. The van der Waals surface area contributed by atoms with Crippen LogP contribution in [0.2, 0.25) is 0 Å². The lowest BCUT2D eigenvalue weighted by atomic mass is 9.94. The second-order valence-electron chi connectivity index (χ2n) is 9.10. The number of piperidine rings is 1. The Balaban J connectivity index is 1.31. The monoisotopic (exact) mass is 477 g/mol. The standard InChI is InChI=1S/C27H31N3O5/c1-3-35-27(34)22-6-4-5-7-23(22)28-25(32)19-12-14-29(15-13-19)26(33)20-16-24(31)30(17-20)21-10-8-18(2)9-11-21/h4-11,19-20H,3,12-17H2,1-2H3,(H,28,32). The van der Waals surface area contributed by atoms with Crippen LogP contribution in [-0.2, 0) is 19.1 Å². The zero-order valence-corrected chi connectivity index (χ0v) is 20.2. The number of hydrogen-bond acceptors (Lipinski definition) is 5. The van der Waals surface area contributed by atoms with Gasteiger partial charge in [-0.05, 0) is 51.0 Å². The van der Waals surface area contributed by atoms with Crippen molar-refractivity contribution >= 4 is 35.1 Å². The maximum absolute atomic E-state index is 13.1. The van der Waals surface area contributed by atoms with Crippen LogP contribution in [0.3, 0.4) is 0 Å². The van der Waals surface area contributed by atoms with Crippen LogP contribution in [0, 0.1) is 18.8 Å². The highest BCUT2D eigenvalue weighted by atomic mass is 16.5. The molecule has 0 bridgehead atoms. The van der Waals surface area contributed by atoms with Gasteiger partial charge in [-0.3, -0.25) is 14.4 Å². The third kappa shape index (κ3) is 5.53. The van der Waals surface area contributed by atoms with Crippen LogP contribution >= 0.6 is 0 Å². The number of aryl methyl sites for hydroxylation is 1. The molecule has 0 radical (unpaired) electrons. The van der Waals surface area contributed by atoms with E-state index in [-0.39, 0.29) is 42.6 Å². The van der Waals surface area contributed by atoms with E-state index in [4.69, 9.17) is 4.74 Å². The molecule has 2 aliphatic heterocycles. The van der Waals surface area contributed by atoms with E-state index in [2.05, 4.69) is 5.32 Å². The minimum Gasteiger partial charge on any atom is -0.462 e. The molecular weight excluding hydrogens is 446 g/mol. The molecule has 1 unspecified atom stereocenters. The summed E-state index contributed by atoms with van der Waals surface area (Å²) in [5.74, 6) is -1.35. The largest absolute Gasteiger partial charge is 0.462 e. The molecular formula is C27H31N3O5. The summed E-state index contributed by atoms with van der Waals surface area (Å²) in [6.45, 7) is 5.28. The second kappa shape index (κ2) is 10.7. The number of hydrogen-bond donors (Lipinski definition) is 1. The van der Waals surface area contributed by atoms with Crippen molar-refractivity contribution in [2.24, 2.45) is 11.8 Å². The quantitative estimate of drug-likeness (QED) is 0.644. The molecule has 3 amide bonds. The predicted octanol–water partition coefficient (Wildman–Crippen LogP) is 3.40. The number of benzene rings is 2. The number of rotatable bonds is 6. The maximum Gasteiger partial charge on any atom is 0.340 e. The summed E-state index contributed by atoms with van der Waals surface area (Å²) < 4.78 is 5.07. The molecule has 2 aromatic rings. The average molecular weight is 478 g/mol. The van der Waals surface area contributed by atoms with Gasteiger partial charge in [0.25, 0.3) is 0 Å². The van der Waals surface area contributed by atoms with Gasteiger partial charge in [0.2, 0.25) is 17.7 Å². The molecule has 1 atom stereocenters. The maximum atomic E-state index is 13.1. The summed E-state index contributed by atoms with van der Waals surface area (Å²) in [6, 6.07) is 14.5. The summed E-state index contributed by atoms with van der Waals surface area (Å²) >= 11 is 0. The lowest BCUT2D eigenvalue weighted by molar-refractivity contribution is -0.138. The molecule has 0 aromatic heterocycles. The fraction of sp³-hybridized carbons (Fsp3) is 0.407. The van der Waals surface area contributed by atoms with Crippen LogP contribution in [0.15, 0.2) is 48.5 Å². The zero-order chi connectivity index (χ0) is 24.9. The highest BCUT2D eigenvalue weighted by Gasteiger charge is 2.38. The van der Waals surface area contributed by atoms with Gasteiger partial charge in [0.05, 0.1) is 23.8 Å². The molecule has 2 fully saturated rings. The van der Waals surface area contributed by atoms with Gasteiger partial charge >= 0.3 is 5.97 Å². The van der Waals surface area contributed by atoms with Crippen molar-refractivity contribution in [2.45, 2.75) is 33.1 Å². The zero-order valence-electron chi connectivity index (χ0n) is 20.2. The normalized spacial score (nSPS) is 18.5. The van der Waals surface area contributed by atoms with Crippen LogP contribution in [-0.4, -0.2) is 54.8 Å². The Hall–Kier alpha value is -3.68. The number of carbonyl (C=O) groups excluding carboxylic acids is 4. The lowest BCUT2D eigenvalue weighted by Gasteiger charge is -2.33. The molecule has 184 valence electrons. The van der Waals surface area contributed by atoms with Crippen molar-refractivity contribution < 1.29 is 23.9 Å². The SMILES string of the molecule is CCOC(=O)c1ccccc1NC(=O)C1CCN(C(=O)C2CC(=O)N(c3ccc(C)cc3)C2)CC1. The first-order valence-corrected chi connectivity index (χ1v) is 12.1. The molecule has 0 aliphatic carbocycles. The van der Waals surface area contributed by atoms with E-state index >= 15 is 0 Å². The fourth-order valence-corrected chi connectivity index (χ4v) is 4.68. The predicted molar refractivity (Wildman–Crippen MR) is 132 cm³/mol. The highest BCUT2D eigenvalue weighted by molar-refractivity contribution is 6.02. The Labute approximate surface area is 205 Å². The van der Waals surface area contributed by atoms with Crippen molar-refractivity contribution in [3.8, 4) is 0 Å². The smallest absolute Gasteiger partial charge is 0.340 e. The van der Waals surface area contributed by atoms with E-state index in [1.54, 1.807) is 41.0 Å². The Morgan fingerprint density at radius 1 is 1.00 bits per heavy atom. The van der Waals surface area contributed by atoms with Crippen molar-refractivity contribution in [3.63, 3.8) is 0 Å². The summed E-state index contributed by atoms with van der Waals surface area (Å²) in [7, 11) is 0. The Morgan fingerprint density at radius 3 is 2.37 bits per heavy atom. The number of anilines is 2. The van der Waals surface area contributed by atoms with Crippen LogP contribution < -0.4 is 10.2 Å². The molecule has 8 heteroatoms. The third-order valence-corrected chi connectivity index (χ3v) is 6.68. The Kier molecular flexibility index (Phi) is 7.48. The number of nitrogens with zero attached hydrogens (tertiary/aromatic N) is 2. The van der Waals surface area contributed by atoms with Gasteiger partial charge in [0, 0.05) is 37.7 Å². The molecule has 0 spiro atoms. The minimum absolute atomic E-state index is 0.0283. The molecule has 35 heavy (non-hydrogen) atoms. The number of para-hydroxylation sites is 1. The molecule has 2 heterocycles. The second-order valence-corrected chi connectivity index (χ2v) is 9.10. The van der Waals surface area contributed by atoms with Crippen molar-refractivity contribution in [1.82, 2.24) is 4.90 Å². The van der Waals surface area contributed by atoms with Crippen molar-refractivity contribution in [3.05, 3.63) is 59.7 Å². The van der Waals surface area contributed by atoms with Crippen LogP contribution in [0.1, 0.15) is 42.1 Å². The first-order chi connectivity index (χ1) is 16.9. The van der Waals surface area contributed by atoms with E-state index in [9.17, 15) is 19.2 Å². The van der Waals surface area contributed by atoms with E-state index < -0.39 is 5.97 Å². The van der Waals surface area contributed by atoms with Gasteiger partial charge in [-0.25, -0.2) is 4.79 Å². The topological polar surface area (TPSA) is 96.0 Å². The molecule has 2 aliphatic rings. The summed E-state index contributed by atoms with van der Waals surface area (Å²) in [4.78, 5) is 54.2. The van der Waals surface area contributed by atoms with Crippen molar-refractivity contribution in [2.75, 3.05) is 36.5 Å². The van der Waals surface area contributed by atoms with Gasteiger partial charge in [-0.1, -0.05) is 29.8 Å². The van der Waals surface area contributed by atoms with Gasteiger partial charge in [-0.15, -0.1) is 0 Å². The number of amides is 3. The number of nitrogens with one attached hydrogen (secondary N) is 1. The van der Waals surface area contributed by atoms with E-state index in [0.29, 0.717) is 43.7 Å². The minimum atomic E-state index is -0.477. The van der Waals surface area contributed by atoms with Crippen LogP contribution in [0.4, 0.5) is 11.4 Å². The van der Waals surface area contributed by atoms with Gasteiger partial charge in [0.1, 0.15) is 0 Å². The Bertz CT molecular complexity index is 1110. The summed E-state index contributed by atoms with van der Waals surface area (Å²) in [5.41, 5.74) is 2.67. The molecule has 8 nitrogen and oxygen atoms in total. The molecule has 0 saturated carbocycles. The van der Waals surface area contributed by atoms with E-state index in [1.165, 1.54) is 0 Å².